The van der Waals surface area contributed by atoms with Gasteiger partial charge in [0.05, 0.1) is 37.2 Å². The molecule has 3 aromatic rings. The van der Waals surface area contributed by atoms with E-state index in [0.29, 0.717) is 35.1 Å². The second-order valence-corrected chi connectivity index (χ2v) is 10.0. The van der Waals surface area contributed by atoms with Crippen LogP contribution in [0.4, 0.5) is 11.4 Å². The van der Waals surface area contributed by atoms with Crippen molar-refractivity contribution in [2.75, 3.05) is 50.0 Å². The molecule has 0 radical (unpaired) electrons. The van der Waals surface area contributed by atoms with Gasteiger partial charge in [0.2, 0.25) is 0 Å². The van der Waals surface area contributed by atoms with Gasteiger partial charge in [0.15, 0.2) is 0 Å². The summed E-state index contributed by atoms with van der Waals surface area (Å²) >= 11 is 0. The first-order valence-electron chi connectivity index (χ1n) is 13.4. The Kier molecular flexibility index (Phi) is 8.31. The molecule has 0 atom stereocenters. The van der Waals surface area contributed by atoms with Crippen molar-refractivity contribution in [1.82, 2.24) is 15.2 Å². The van der Waals surface area contributed by atoms with Gasteiger partial charge in [-0.3, -0.25) is 20.1 Å². The van der Waals surface area contributed by atoms with Gasteiger partial charge in [-0.05, 0) is 42.5 Å². The molecule has 6 rings (SSSR count). The summed E-state index contributed by atoms with van der Waals surface area (Å²) in [6, 6.07) is 19.2. The van der Waals surface area contributed by atoms with Gasteiger partial charge >= 0.3 is 0 Å². The fourth-order valence-electron chi connectivity index (χ4n) is 4.46. The fraction of sp³-hybridized carbons (Fsp3) is 0.367. The first-order chi connectivity index (χ1) is 18.6. The molecule has 3 fully saturated rings. The van der Waals surface area contributed by atoms with Crippen molar-refractivity contribution in [2.45, 2.75) is 31.8 Å². The number of carbonyl (C=O) groups excluding carboxylic acids is 1. The molecule has 2 aromatic carbocycles. The number of pyridine rings is 1. The SMILES string of the molecule is C1CC1.N=C(c1ccc(N2CCN(C3COC3)CC2)cc1)c1cc(C(=O)NCc2ccccn2)ccc1N. The van der Waals surface area contributed by atoms with Crippen molar-refractivity contribution >= 4 is 23.0 Å². The molecular formula is C30H36N6O2. The zero-order valence-corrected chi connectivity index (χ0v) is 21.7. The van der Waals surface area contributed by atoms with Crippen molar-refractivity contribution in [2.24, 2.45) is 0 Å². The summed E-state index contributed by atoms with van der Waals surface area (Å²) in [4.78, 5) is 21.8. The van der Waals surface area contributed by atoms with Crippen LogP contribution >= 0.6 is 0 Å². The van der Waals surface area contributed by atoms with E-state index in [-0.39, 0.29) is 5.91 Å². The lowest BCUT2D eigenvalue weighted by Crippen LogP contribution is -2.56. The number of benzene rings is 2. The molecule has 3 aliphatic rings. The van der Waals surface area contributed by atoms with Gasteiger partial charge < -0.3 is 20.7 Å². The lowest BCUT2D eigenvalue weighted by molar-refractivity contribution is -0.0660. The molecular weight excluding hydrogens is 476 g/mol. The van der Waals surface area contributed by atoms with Crippen molar-refractivity contribution in [3.63, 3.8) is 0 Å². The Morgan fingerprint density at radius 1 is 0.974 bits per heavy atom. The van der Waals surface area contributed by atoms with Crippen molar-refractivity contribution in [3.8, 4) is 0 Å². The van der Waals surface area contributed by atoms with Crippen molar-refractivity contribution < 1.29 is 9.53 Å². The van der Waals surface area contributed by atoms with Crippen LogP contribution in [0.25, 0.3) is 0 Å². The fourth-order valence-corrected chi connectivity index (χ4v) is 4.46. The number of hydrogen-bond donors (Lipinski definition) is 3. The number of nitrogens with two attached hydrogens (primary N) is 1. The molecule has 38 heavy (non-hydrogen) atoms. The predicted molar refractivity (Wildman–Crippen MR) is 151 cm³/mol. The number of ether oxygens (including phenoxy) is 1. The van der Waals surface area contributed by atoms with E-state index < -0.39 is 0 Å². The summed E-state index contributed by atoms with van der Waals surface area (Å²) in [5.74, 6) is -0.229. The minimum Gasteiger partial charge on any atom is -0.398 e. The van der Waals surface area contributed by atoms with Gasteiger partial charge in [0.25, 0.3) is 5.91 Å². The highest BCUT2D eigenvalue weighted by molar-refractivity contribution is 6.15. The van der Waals surface area contributed by atoms with E-state index in [2.05, 4.69) is 32.2 Å². The van der Waals surface area contributed by atoms with Crippen LogP contribution in [0.2, 0.25) is 0 Å². The average Bonchev–Trinajstić information content (AvgIpc) is 3.82. The number of nitrogens with one attached hydrogen (secondary N) is 2. The van der Waals surface area contributed by atoms with Gasteiger partial charge in [-0.25, -0.2) is 0 Å². The first kappa shape index (κ1) is 25.9. The Morgan fingerprint density at radius 3 is 2.29 bits per heavy atom. The third-order valence-electron chi connectivity index (χ3n) is 7.07. The molecule has 8 nitrogen and oxygen atoms in total. The molecule has 1 saturated carbocycles. The number of nitrogens with zero attached hydrogens (tertiary/aromatic N) is 3. The van der Waals surface area contributed by atoms with Crippen LogP contribution in [0.3, 0.4) is 0 Å². The van der Waals surface area contributed by atoms with E-state index >= 15 is 0 Å². The number of hydrogen-bond acceptors (Lipinski definition) is 7. The summed E-state index contributed by atoms with van der Waals surface area (Å²) < 4.78 is 5.32. The van der Waals surface area contributed by atoms with E-state index in [4.69, 9.17) is 15.9 Å². The minimum atomic E-state index is -0.229. The normalized spacial score (nSPS) is 17.1. The van der Waals surface area contributed by atoms with Gasteiger partial charge in [-0.2, -0.15) is 0 Å². The van der Waals surface area contributed by atoms with E-state index in [1.165, 1.54) is 19.3 Å². The zero-order valence-electron chi connectivity index (χ0n) is 21.7. The van der Waals surface area contributed by atoms with Crippen LogP contribution in [0.5, 0.6) is 0 Å². The van der Waals surface area contributed by atoms with Gasteiger partial charge in [-0.15, -0.1) is 0 Å². The van der Waals surface area contributed by atoms with Crippen LogP contribution < -0.4 is 16.0 Å². The molecule has 1 amide bonds. The molecule has 2 saturated heterocycles. The quantitative estimate of drug-likeness (QED) is 0.329. The summed E-state index contributed by atoms with van der Waals surface area (Å²) in [6.07, 6.45) is 6.19. The highest BCUT2D eigenvalue weighted by Crippen LogP contribution is 2.23. The molecule has 1 aliphatic carbocycles. The van der Waals surface area contributed by atoms with Gasteiger partial charge in [0, 0.05) is 60.4 Å². The first-order valence-corrected chi connectivity index (χ1v) is 13.4. The Bertz CT molecular complexity index is 1230. The summed E-state index contributed by atoms with van der Waals surface area (Å²) in [5.41, 5.74) is 10.6. The standard InChI is InChI=1S/C27H30N6O2.C3H6/c28-25-9-6-20(27(34)31-16-21-3-1-2-10-30-21)15-24(25)26(29)19-4-7-22(8-5-19)32-11-13-33(14-12-32)23-17-35-18-23;1-2-3-1/h1-10,15,23,29H,11-14,16-18,28H2,(H,31,34);1-3H2. The van der Waals surface area contributed by atoms with Crippen LogP contribution in [-0.2, 0) is 11.3 Å². The minimum absolute atomic E-state index is 0.229. The number of rotatable bonds is 7. The Balaban J connectivity index is 0.000000916. The van der Waals surface area contributed by atoms with Crippen molar-refractivity contribution in [1.29, 1.82) is 5.41 Å². The van der Waals surface area contributed by atoms with Crippen LogP contribution in [0, 0.1) is 5.41 Å². The van der Waals surface area contributed by atoms with Crippen LogP contribution in [0.1, 0.15) is 46.4 Å². The second kappa shape index (κ2) is 12.2. The summed E-state index contributed by atoms with van der Waals surface area (Å²) in [5, 5.41) is 11.6. The molecule has 3 heterocycles. The van der Waals surface area contributed by atoms with E-state index in [1.807, 2.05) is 30.3 Å². The molecule has 0 spiro atoms. The van der Waals surface area contributed by atoms with Gasteiger partial charge in [-0.1, -0.05) is 37.5 Å². The Hall–Kier alpha value is -3.75. The number of nitrogen functional groups attached to an aromatic ring is 1. The third kappa shape index (κ3) is 6.57. The topological polar surface area (TPSA) is 108 Å². The van der Waals surface area contributed by atoms with Crippen LogP contribution in [0.15, 0.2) is 66.9 Å². The number of anilines is 2. The Labute approximate surface area is 224 Å². The monoisotopic (exact) mass is 512 g/mol. The number of carbonyl (C=O) groups is 1. The molecule has 198 valence electrons. The Morgan fingerprint density at radius 2 is 1.68 bits per heavy atom. The lowest BCUT2D eigenvalue weighted by Gasteiger charge is -2.43. The van der Waals surface area contributed by atoms with E-state index in [0.717, 1.165) is 56.3 Å². The zero-order chi connectivity index (χ0) is 26.3. The van der Waals surface area contributed by atoms with E-state index in [1.54, 1.807) is 24.4 Å². The molecule has 1 aromatic heterocycles. The maximum absolute atomic E-state index is 12.7. The average molecular weight is 513 g/mol. The number of amides is 1. The van der Waals surface area contributed by atoms with Crippen molar-refractivity contribution in [3.05, 3.63) is 89.2 Å². The molecule has 8 heteroatoms. The second-order valence-electron chi connectivity index (χ2n) is 10.0. The van der Waals surface area contributed by atoms with Gasteiger partial charge in [0.1, 0.15) is 0 Å². The maximum Gasteiger partial charge on any atom is 0.251 e. The molecule has 0 bridgehead atoms. The number of piperazine rings is 1. The lowest BCUT2D eigenvalue weighted by atomic mass is 9.98. The molecule has 0 unspecified atom stereocenters. The highest BCUT2D eigenvalue weighted by atomic mass is 16.5. The third-order valence-corrected chi connectivity index (χ3v) is 7.07. The molecule has 2 aliphatic heterocycles. The largest absolute Gasteiger partial charge is 0.398 e. The summed E-state index contributed by atoms with van der Waals surface area (Å²) in [6.45, 7) is 6.08. The summed E-state index contributed by atoms with van der Waals surface area (Å²) in [7, 11) is 0. The van der Waals surface area contributed by atoms with E-state index in [9.17, 15) is 4.79 Å². The maximum atomic E-state index is 12.7. The smallest absolute Gasteiger partial charge is 0.251 e. The predicted octanol–water partition coefficient (Wildman–Crippen LogP) is 3.70. The molecule has 4 N–H and O–H groups in total. The highest BCUT2D eigenvalue weighted by Gasteiger charge is 2.28. The van der Waals surface area contributed by atoms with Crippen LogP contribution in [-0.4, -0.2) is 66.9 Å². The number of aromatic nitrogens is 1.